The topological polar surface area (TPSA) is 97.6 Å². The van der Waals surface area contributed by atoms with E-state index in [2.05, 4.69) is 0 Å². The van der Waals surface area contributed by atoms with Crippen LogP contribution in [0.3, 0.4) is 0 Å². The van der Waals surface area contributed by atoms with E-state index in [9.17, 15) is 23.3 Å². The van der Waals surface area contributed by atoms with E-state index in [1.807, 2.05) is 6.92 Å². The molecule has 0 saturated carbocycles. The highest BCUT2D eigenvalue weighted by molar-refractivity contribution is 7.90. The van der Waals surface area contributed by atoms with Crippen LogP contribution in [0.5, 0.6) is 0 Å². The van der Waals surface area contributed by atoms with E-state index in [1.54, 1.807) is 37.4 Å². The number of benzene rings is 2. The Bertz CT molecular complexity index is 964. The number of non-ortho nitro benzene ring substituents is 1. The molecule has 2 aromatic carbocycles. The summed E-state index contributed by atoms with van der Waals surface area (Å²) in [6.07, 6.45) is 4.12. The summed E-state index contributed by atoms with van der Waals surface area (Å²) in [5, 5.41) is 10.6. The number of carbonyl (C=O) groups excluding carboxylic acids is 1. The number of sulfone groups is 1. The highest BCUT2D eigenvalue weighted by Gasteiger charge is 2.16. The lowest BCUT2D eigenvalue weighted by Gasteiger charge is -2.24. The molecule has 1 amide bonds. The molecule has 1 unspecified atom stereocenters. The molecule has 0 saturated heterocycles. The fourth-order valence-corrected chi connectivity index (χ4v) is 3.03. The van der Waals surface area contributed by atoms with Crippen molar-refractivity contribution in [2.75, 3.05) is 13.3 Å². The van der Waals surface area contributed by atoms with Crippen LogP contribution in [-0.2, 0) is 14.6 Å². The molecule has 2 rings (SSSR count). The van der Waals surface area contributed by atoms with Crippen LogP contribution in [0.15, 0.2) is 59.5 Å². The van der Waals surface area contributed by atoms with Crippen molar-refractivity contribution < 1.29 is 18.1 Å². The predicted octanol–water partition coefficient (Wildman–Crippen LogP) is 3.23. The van der Waals surface area contributed by atoms with E-state index >= 15 is 0 Å². The van der Waals surface area contributed by atoms with Crippen molar-refractivity contribution in [1.29, 1.82) is 0 Å². The van der Waals surface area contributed by atoms with E-state index in [-0.39, 0.29) is 22.5 Å². The molecule has 0 N–H and O–H groups in total. The Balaban J connectivity index is 2.08. The van der Waals surface area contributed by atoms with Crippen LogP contribution < -0.4 is 0 Å². The van der Waals surface area contributed by atoms with Gasteiger partial charge in [0.1, 0.15) is 0 Å². The third kappa shape index (κ3) is 5.24. The highest BCUT2D eigenvalue weighted by Crippen LogP contribution is 2.21. The second-order valence-electron chi connectivity index (χ2n) is 6.15. The molecule has 1 atom stereocenters. The smallest absolute Gasteiger partial charge is 0.269 e. The fourth-order valence-electron chi connectivity index (χ4n) is 2.40. The zero-order chi connectivity index (χ0) is 20.2. The van der Waals surface area contributed by atoms with Gasteiger partial charge in [-0.2, -0.15) is 0 Å². The van der Waals surface area contributed by atoms with Crippen LogP contribution >= 0.6 is 0 Å². The van der Waals surface area contributed by atoms with Gasteiger partial charge in [0.25, 0.3) is 5.69 Å². The first-order valence-corrected chi connectivity index (χ1v) is 9.98. The quantitative estimate of drug-likeness (QED) is 0.430. The Labute approximate surface area is 158 Å². The monoisotopic (exact) mass is 388 g/mol. The molecule has 142 valence electrons. The van der Waals surface area contributed by atoms with Crippen LogP contribution in [-0.4, -0.2) is 37.5 Å². The Morgan fingerprint density at radius 1 is 1.11 bits per heavy atom. The molecule has 27 heavy (non-hydrogen) atoms. The first-order chi connectivity index (χ1) is 12.6. The van der Waals surface area contributed by atoms with Crippen LogP contribution in [0.2, 0.25) is 0 Å². The average molecular weight is 388 g/mol. The summed E-state index contributed by atoms with van der Waals surface area (Å²) in [6.45, 7) is 1.84. The third-order valence-corrected chi connectivity index (χ3v) is 5.37. The van der Waals surface area contributed by atoms with Gasteiger partial charge >= 0.3 is 0 Å². The van der Waals surface area contributed by atoms with Crippen molar-refractivity contribution in [3.8, 4) is 0 Å². The van der Waals surface area contributed by atoms with Gasteiger partial charge < -0.3 is 4.90 Å². The summed E-state index contributed by atoms with van der Waals surface area (Å²) in [5.41, 5.74) is 1.47. The third-order valence-electron chi connectivity index (χ3n) is 4.24. The van der Waals surface area contributed by atoms with Gasteiger partial charge in [0.2, 0.25) is 5.91 Å². The Kier molecular flexibility index (Phi) is 6.12. The molecule has 0 aliphatic rings. The Morgan fingerprint density at radius 3 is 2.15 bits per heavy atom. The first-order valence-electron chi connectivity index (χ1n) is 8.09. The van der Waals surface area contributed by atoms with Gasteiger partial charge in [-0.1, -0.05) is 12.1 Å². The standard InChI is InChI=1S/C19H20N2O5S/c1-14(16-7-11-18(12-8-16)27(3,25)26)20(2)19(22)13-6-15-4-9-17(10-5-15)21(23)24/h4-14H,1-3H3/b13-6+. The zero-order valence-corrected chi connectivity index (χ0v) is 16.0. The second kappa shape index (κ2) is 8.13. The molecule has 7 nitrogen and oxygen atoms in total. The van der Waals surface area contributed by atoms with Crippen LogP contribution in [0.25, 0.3) is 6.08 Å². The van der Waals surface area contributed by atoms with E-state index in [1.165, 1.54) is 35.2 Å². The van der Waals surface area contributed by atoms with Crippen molar-refractivity contribution in [3.63, 3.8) is 0 Å². The number of nitro benzene ring substituents is 1. The van der Waals surface area contributed by atoms with Crippen LogP contribution in [0.4, 0.5) is 5.69 Å². The van der Waals surface area contributed by atoms with E-state index < -0.39 is 14.8 Å². The summed E-state index contributed by atoms with van der Waals surface area (Å²) >= 11 is 0. The molecule has 0 bridgehead atoms. The number of carbonyl (C=O) groups is 1. The lowest BCUT2D eigenvalue weighted by atomic mass is 10.1. The minimum atomic E-state index is -3.26. The van der Waals surface area contributed by atoms with Gasteiger partial charge in [0, 0.05) is 31.5 Å². The highest BCUT2D eigenvalue weighted by atomic mass is 32.2. The van der Waals surface area contributed by atoms with Crippen molar-refractivity contribution >= 4 is 27.5 Å². The SMILES string of the molecule is CC(c1ccc(S(C)(=O)=O)cc1)N(C)C(=O)/C=C/c1ccc([N+](=O)[O-])cc1. The second-order valence-corrected chi connectivity index (χ2v) is 8.16. The molecule has 0 aromatic heterocycles. The number of nitro groups is 1. The number of hydrogen-bond donors (Lipinski definition) is 0. The maximum absolute atomic E-state index is 12.4. The van der Waals surface area contributed by atoms with E-state index in [4.69, 9.17) is 0 Å². The first kappa shape index (κ1) is 20.3. The van der Waals surface area contributed by atoms with Crippen LogP contribution in [0, 0.1) is 10.1 Å². The summed E-state index contributed by atoms with van der Waals surface area (Å²) in [5.74, 6) is -0.243. The molecule has 2 aromatic rings. The zero-order valence-electron chi connectivity index (χ0n) is 15.2. The van der Waals surface area contributed by atoms with Gasteiger partial charge in [-0.05, 0) is 48.4 Å². The molecule has 0 fully saturated rings. The van der Waals surface area contributed by atoms with Gasteiger partial charge in [-0.3, -0.25) is 14.9 Å². The fraction of sp³-hybridized carbons (Fsp3) is 0.211. The van der Waals surface area contributed by atoms with Gasteiger partial charge in [-0.15, -0.1) is 0 Å². The summed E-state index contributed by atoms with van der Waals surface area (Å²) < 4.78 is 23.0. The maximum Gasteiger partial charge on any atom is 0.269 e. The molecule has 0 heterocycles. The molecular weight excluding hydrogens is 368 g/mol. The van der Waals surface area contributed by atoms with Crippen molar-refractivity contribution in [3.05, 3.63) is 75.8 Å². The van der Waals surface area contributed by atoms with Gasteiger partial charge in [0.15, 0.2) is 9.84 Å². The number of nitrogens with zero attached hydrogens (tertiary/aromatic N) is 2. The maximum atomic E-state index is 12.4. The molecule has 0 spiro atoms. The number of amides is 1. The van der Waals surface area contributed by atoms with E-state index in [0.29, 0.717) is 5.56 Å². The van der Waals surface area contributed by atoms with Gasteiger partial charge in [0.05, 0.1) is 15.9 Å². The normalized spacial score (nSPS) is 12.7. The Morgan fingerprint density at radius 2 is 1.67 bits per heavy atom. The van der Waals surface area contributed by atoms with Crippen molar-refractivity contribution in [2.24, 2.45) is 0 Å². The summed E-state index contributed by atoms with van der Waals surface area (Å²) in [7, 11) is -1.61. The minimum Gasteiger partial charge on any atom is -0.335 e. The Hall–Kier alpha value is -3.00. The summed E-state index contributed by atoms with van der Waals surface area (Å²) in [4.78, 5) is 24.3. The van der Waals surface area contributed by atoms with Gasteiger partial charge in [-0.25, -0.2) is 8.42 Å². The van der Waals surface area contributed by atoms with Crippen molar-refractivity contribution in [2.45, 2.75) is 17.9 Å². The average Bonchev–Trinajstić information content (AvgIpc) is 2.64. The molecule has 0 aliphatic carbocycles. The number of rotatable bonds is 6. The van der Waals surface area contributed by atoms with Crippen LogP contribution in [0.1, 0.15) is 24.1 Å². The lowest BCUT2D eigenvalue weighted by Crippen LogP contribution is -2.28. The minimum absolute atomic E-state index is 0.0123. The molecular formula is C19H20N2O5S. The summed E-state index contributed by atoms with van der Waals surface area (Å²) in [6, 6.07) is 12.0. The number of likely N-dealkylation sites (N-methyl/N-ethyl adjacent to an activating group) is 1. The largest absolute Gasteiger partial charge is 0.335 e. The predicted molar refractivity (Wildman–Crippen MR) is 103 cm³/mol. The van der Waals surface area contributed by atoms with E-state index in [0.717, 1.165) is 11.8 Å². The van der Waals surface area contributed by atoms with Crippen molar-refractivity contribution in [1.82, 2.24) is 4.90 Å². The lowest BCUT2D eigenvalue weighted by molar-refractivity contribution is -0.384. The molecule has 8 heteroatoms. The number of hydrogen-bond acceptors (Lipinski definition) is 5. The molecule has 0 radical (unpaired) electrons. The molecule has 0 aliphatic heterocycles.